The minimum Gasteiger partial charge on any atom is -0.481 e. The topological polar surface area (TPSA) is 117 Å². The number of furan rings is 1. The summed E-state index contributed by atoms with van der Waals surface area (Å²) in [5, 5.41) is 19.6. The normalized spacial score (nSPS) is 11.8. The number of hydrogen-bond donors (Lipinski definition) is 3. The van der Waals surface area contributed by atoms with Crippen molar-refractivity contribution in [2.24, 2.45) is 0 Å². The van der Waals surface area contributed by atoms with Crippen LogP contribution < -0.4 is 5.32 Å². The molecule has 7 heteroatoms. The number of rotatable bonds is 6. The first-order valence-electron chi connectivity index (χ1n) is 5.21. The van der Waals surface area contributed by atoms with E-state index in [0.717, 1.165) is 0 Å². The van der Waals surface area contributed by atoms with E-state index in [-0.39, 0.29) is 18.4 Å². The predicted octanol–water partition coefficient (Wildman–Crippen LogP) is 0.636. The molecular formula is C11H13NO6. The zero-order valence-corrected chi connectivity index (χ0v) is 9.67. The molecule has 0 bridgehead atoms. The van der Waals surface area contributed by atoms with Gasteiger partial charge in [-0.3, -0.25) is 9.59 Å². The van der Waals surface area contributed by atoms with Crippen molar-refractivity contribution >= 4 is 17.8 Å². The van der Waals surface area contributed by atoms with E-state index < -0.39 is 23.9 Å². The summed E-state index contributed by atoms with van der Waals surface area (Å²) in [6, 6.07) is 0.184. The molecule has 1 atom stereocenters. The second-order valence-electron chi connectivity index (χ2n) is 3.69. The molecule has 1 aromatic rings. The molecule has 98 valence electrons. The van der Waals surface area contributed by atoms with Crippen LogP contribution >= 0.6 is 0 Å². The molecule has 0 aliphatic heterocycles. The summed E-state index contributed by atoms with van der Waals surface area (Å²) in [5.41, 5.74) is 0.233. The van der Waals surface area contributed by atoms with Crippen molar-refractivity contribution in [1.29, 1.82) is 0 Å². The molecule has 1 amide bonds. The minimum absolute atomic E-state index is 0.173. The Morgan fingerprint density at radius 3 is 2.50 bits per heavy atom. The maximum absolute atomic E-state index is 11.7. The number of hydrogen-bond acceptors (Lipinski definition) is 4. The van der Waals surface area contributed by atoms with Crippen LogP contribution in [0.25, 0.3) is 0 Å². The molecule has 0 aliphatic rings. The highest BCUT2D eigenvalue weighted by Crippen LogP contribution is 2.09. The van der Waals surface area contributed by atoms with Crippen molar-refractivity contribution in [2.75, 3.05) is 0 Å². The second kappa shape index (κ2) is 5.85. The lowest BCUT2D eigenvalue weighted by Gasteiger charge is -2.12. The summed E-state index contributed by atoms with van der Waals surface area (Å²) in [7, 11) is 0. The fourth-order valence-corrected chi connectivity index (χ4v) is 1.38. The van der Waals surface area contributed by atoms with E-state index in [1.807, 2.05) is 0 Å². The lowest BCUT2D eigenvalue weighted by molar-refractivity contribution is -0.140. The number of aliphatic carboxylic acids is 2. The van der Waals surface area contributed by atoms with E-state index in [4.69, 9.17) is 14.6 Å². The first-order chi connectivity index (χ1) is 8.41. The van der Waals surface area contributed by atoms with Gasteiger partial charge in [0.05, 0.1) is 11.8 Å². The molecule has 0 fully saturated rings. The first kappa shape index (κ1) is 13.8. The summed E-state index contributed by atoms with van der Waals surface area (Å²) < 4.78 is 4.92. The van der Waals surface area contributed by atoms with Crippen LogP contribution in [0.2, 0.25) is 0 Å². The lowest BCUT2D eigenvalue weighted by Crippen LogP contribution is -2.41. The van der Waals surface area contributed by atoms with Crippen molar-refractivity contribution in [1.82, 2.24) is 5.32 Å². The number of carboxylic acids is 2. The van der Waals surface area contributed by atoms with Crippen LogP contribution in [-0.4, -0.2) is 34.1 Å². The highest BCUT2D eigenvalue weighted by atomic mass is 16.4. The van der Waals surface area contributed by atoms with Crippen molar-refractivity contribution in [3.8, 4) is 0 Å². The number of aryl methyl sites for hydroxylation is 1. The molecule has 1 heterocycles. The average Bonchev–Trinajstić information content (AvgIpc) is 2.69. The maximum atomic E-state index is 11.7. The fraction of sp³-hybridized carbons (Fsp3) is 0.364. The van der Waals surface area contributed by atoms with Crippen LogP contribution in [0.3, 0.4) is 0 Å². The third-order valence-corrected chi connectivity index (χ3v) is 2.35. The molecule has 0 radical (unpaired) electrons. The third kappa shape index (κ3) is 3.62. The summed E-state index contributed by atoms with van der Waals surface area (Å²) in [4.78, 5) is 32.9. The van der Waals surface area contributed by atoms with Crippen LogP contribution in [-0.2, 0) is 9.59 Å². The van der Waals surface area contributed by atoms with Gasteiger partial charge in [-0.15, -0.1) is 0 Å². The largest absolute Gasteiger partial charge is 0.481 e. The highest BCUT2D eigenvalue weighted by Gasteiger charge is 2.22. The Morgan fingerprint density at radius 1 is 1.39 bits per heavy atom. The van der Waals surface area contributed by atoms with Crippen LogP contribution in [0.15, 0.2) is 16.7 Å². The average molecular weight is 255 g/mol. The van der Waals surface area contributed by atoms with E-state index in [1.54, 1.807) is 6.92 Å². The lowest BCUT2D eigenvalue weighted by atomic mass is 10.1. The Balaban J connectivity index is 2.67. The Bertz CT molecular complexity index is 464. The SMILES string of the molecule is Cc1occc1C(=O)N[C@@H](CCC(=O)O)C(=O)O. The molecule has 7 nitrogen and oxygen atoms in total. The molecular weight excluding hydrogens is 242 g/mol. The summed E-state index contributed by atoms with van der Waals surface area (Å²) in [6.45, 7) is 1.57. The molecule has 3 N–H and O–H groups in total. The second-order valence-corrected chi connectivity index (χ2v) is 3.69. The van der Waals surface area contributed by atoms with E-state index >= 15 is 0 Å². The number of carbonyl (C=O) groups excluding carboxylic acids is 1. The minimum atomic E-state index is -1.27. The molecule has 0 spiro atoms. The highest BCUT2D eigenvalue weighted by molar-refractivity contribution is 5.97. The van der Waals surface area contributed by atoms with E-state index in [2.05, 4.69) is 5.32 Å². The maximum Gasteiger partial charge on any atom is 0.326 e. The van der Waals surface area contributed by atoms with Crippen LogP contribution in [0.1, 0.15) is 29.0 Å². The van der Waals surface area contributed by atoms with Gasteiger partial charge in [0.15, 0.2) is 0 Å². The smallest absolute Gasteiger partial charge is 0.326 e. The molecule has 0 unspecified atom stereocenters. The molecule has 1 aromatic heterocycles. The fourth-order valence-electron chi connectivity index (χ4n) is 1.38. The van der Waals surface area contributed by atoms with Crippen LogP contribution in [0, 0.1) is 6.92 Å². The van der Waals surface area contributed by atoms with Gasteiger partial charge >= 0.3 is 11.9 Å². The van der Waals surface area contributed by atoms with Gasteiger partial charge < -0.3 is 19.9 Å². The number of nitrogens with one attached hydrogen (secondary N) is 1. The third-order valence-electron chi connectivity index (χ3n) is 2.35. The Morgan fingerprint density at radius 2 is 2.06 bits per heavy atom. The van der Waals surface area contributed by atoms with Crippen molar-refractivity contribution in [2.45, 2.75) is 25.8 Å². The molecule has 0 aromatic carbocycles. The Kier molecular flexibility index (Phi) is 4.47. The molecule has 0 saturated carbocycles. The van der Waals surface area contributed by atoms with Crippen molar-refractivity contribution in [3.63, 3.8) is 0 Å². The summed E-state index contributed by atoms with van der Waals surface area (Å²) in [6.07, 6.45) is 0.812. The molecule has 0 aliphatic carbocycles. The van der Waals surface area contributed by atoms with E-state index in [9.17, 15) is 14.4 Å². The Labute approximate surface area is 102 Å². The zero-order chi connectivity index (χ0) is 13.7. The van der Waals surface area contributed by atoms with Crippen LogP contribution in [0.5, 0.6) is 0 Å². The summed E-state index contributed by atoms with van der Waals surface area (Å²) in [5.74, 6) is -2.62. The Hall–Kier alpha value is -2.31. The number of carboxylic acid groups (broad SMARTS) is 2. The quantitative estimate of drug-likeness (QED) is 0.686. The van der Waals surface area contributed by atoms with Crippen LogP contribution in [0.4, 0.5) is 0 Å². The number of carbonyl (C=O) groups is 3. The van der Waals surface area contributed by atoms with Gasteiger partial charge in [-0.1, -0.05) is 0 Å². The van der Waals surface area contributed by atoms with E-state index in [0.29, 0.717) is 5.76 Å². The van der Waals surface area contributed by atoms with Gasteiger partial charge in [0.1, 0.15) is 11.8 Å². The standard InChI is InChI=1S/C11H13NO6/c1-6-7(4-5-18-6)10(15)12-8(11(16)17)2-3-9(13)14/h4-5,8H,2-3H2,1H3,(H,12,15)(H,13,14)(H,16,17)/t8-/m0/s1. The molecule has 18 heavy (non-hydrogen) atoms. The molecule has 0 saturated heterocycles. The van der Waals surface area contributed by atoms with Gasteiger partial charge in [-0.05, 0) is 19.4 Å². The zero-order valence-electron chi connectivity index (χ0n) is 9.67. The van der Waals surface area contributed by atoms with E-state index in [1.165, 1.54) is 12.3 Å². The van der Waals surface area contributed by atoms with Gasteiger partial charge in [0, 0.05) is 6.42 Å². The van der Waals surface area contributed by atoms with Gasteiger partial charge in [-0.25, -0.2) is 4.79 Å². The predicted molar refractivity (Wildman–Crippen MR) is 59.2 cm³/mol. The van der Waals surface area contributed by atoms with Gasteiger partial charge in [-0.2, -0.15) is 0 Å². The van der Waals surface area contributed by atoms with Gasteiger partial charge in [0.2, 0.25) is 0 Å². The summed E-state index contributed by atoms with van der Waals surface area (Å²) >= 11 is 0. The van der Waals surface area contributed by atoms with Gasteiger partial charge in [0.25, 0.3) is 5.91 Å². The van der Waals surface area contributed by atoms with Crippen molar-refractivity contribution < 1.29 is 29.0 Å². The monoisotopic (exact) mass is 255 g/mol. The molecule has 1 rings (SSSR count). The first-order valence-corrected chi connectivity index (χ1v) is 5.21. The van der Waals surface area contributed by atoms with Crippen molar-refractivity contribution in [3.05, 3.63) is 23.7 Å². The number of amides is 1.